The summed E-state index contributed by atoms with van der Waals surface area (Å²) in [4.78, 5) is 9.07. The highest BCUT2D eigenvalue weighted by molar-refractivity contribution is 5.80. The Hall–Kier alpha value is -1.53. The lowest BCUT2D eigenvalue weighted by atomic mass is 10.0. The van der Waals surface area contributed by atoms with Crippen LogP contribution in [0.4, 0.5) is 0 Å². The second kappa shape index (κ2) is 9.08. The zero-order valence-corrected chi connectivity index (χ0v) is 15.7. The molecule has 2 heterocycles. The molecule has 0 aromatic carbocycles. The number of furan rings is 1. The number of guanidine groups is 1. The van der Waals surface area contributed by atoms with E-state index in [0.717, 1.165) is 44.2 Å². The van der Waals surface area contributed by atoms with Crippen molar-refractivity contribution in [3.8, 4) is 0 Å². The molecular formula is C18H33N5O. The van der Waals surface area contributed by atoms with Crippen LogP contribution in [0, 0.1) is 0 Å². The Kier molecular flexibility index (Phi) is 7.12. The maximum atomic E-state index is 5.56. The van der Waals surface area contributed by atoms with Crippen LogP contribution in [-0.2, 0) is 0 Å². The molecule has 1 unspecified atom stereocenters. The van der Waals surface area contributed by atoms with E-state index in [1.807, 2.05) is 19.2 Å². The Morgan fingerprint density at radius 3 is 2.58 bits per heavy atom. The van der Waals surface area contributed by atoms with Crippen LogP contribution < -0.4 is 10.6 Å². The van der Waals surface area contributed by atoms with Crippen LogP contribution >= 0.6 is 0 Å². The van der Waals surface area contributed by atoms with Crippen molar-refractivity contribution in [2.24, 2.45) is 4.99 Å². The van der Waals surface area contributed by atoms with Crippen molar-refractivity contribution in [2.45, 2.75) is 44.8 Å². The molecule has 2 N–H and O–H groups in total. The normalized spacial score (nSPS) is 19.0. The molecule has 0 radical (unpaired) electrons. The molecule has 1 aliphatic heterocycles. The summed E-state index contributed by atoms with van der Waals surface area (Å²) in [6.07, 6.45) is 4.05. The van der Waals surface area contributed by atoms with Crippen molar-refractivity contribution >= 4 is 5.96 Å². The topological polar surface area (TPSA) is 56.0 Å². The molecule has 136 valence electrons. The van der Waals surface area contributed by atoms with E-state index >= 15 is 0 Å². The van der Waals surface area contributed by atoms with Gasteiger partial charge in [0.1, 0.15) is 5.76 Å². The van der Waals surface area contributed by atoms with Crippen LogP contribution in [0.5, 0.6) is 0 Å². The standard InChI is InChI=1S/C18H33N5O/c1-14(2)23-10-8-15(9-11-23)21-18(19-3)20-13-16(22(4)5)17-7-6-12-24-17/h6-7,12,14-16H,8-11,13H2,1-5H3,(H2,19,20,21). The summed E-state index contributed by atoms with van der Waals surface area (Å²) in [5.74, 6) is 1.84. The molecule has 0 bridgehead atoms. The Labute approximate surface area is 146 Å². The number of nitrogens with one attached hydrogen (secondary N) is 2. The fourth-order valence-corrected chi connectivity index (χ4v) is 3.16. The molecule has 1 aromatic heterocycles. The molecule has 1 aromatic rings. The minimum atomic E-state index is 0.182. The Bertz CT molecular complexity index is 490. The van der Waals surface area contributed by atoms with Crippen molar-refractivity contribution in [3.63, 3.8) is 0 Å². The highest BCUT2D eigenvalue weighted by Crippen LogP contribution is 2.17. The fraction of sp³-hybridized carbons (Fsp3) is 0.722. The van der Waals surface area contributed by atoms with Crippen molar-refractivity contribution in [2.75, 3.05) is 40.8 Å². The number of hydrogen-bond donors (Lipinski definition) is 2. The summed E-state index contributed by atoms with van der Waals surface area (Å²) in [6.45, 7) is 7.59. The van der Waals surface area contributed by atoms with Gasteiger partial charge in [-0.2, -0.15) is 0 Å². The third-order valence-corrected chi connectivity index (χ3v) is 4.78. The van der Waals surface area contributed by atoms with Crippen molar-refractivity contribution in [3.05, 3.63) is 24.2 Å². The van der Waals surface area contributed by atoms with Crippen LogP contribution in [-0.4, -0.2) is 68.6 Å². The van der Waals surface area contributed by atoms with Gasteiger partial charge in [-0.1, -0.05) is 0 Å². The molecule has 1 atom stereocenters. The largest absolute Gasteiger partial charge is 0.468 e. The maximum absolute atomic E-state index is 5.56. The lowest BCUT2D eigenvalue weighted by molar-refractivity contribution is 0.167. The summed E-state index contributed by atoms with van der Waals surface area (Å²) in [5.41, 5.74) is 0. The van der Waals surface area contributed by atoms with Gasteiger partial charge in [-0.15, -0.1) is 0 Å². The van der Waals surface area contributed by atoms with Crippen LogP contribution in [0.15, 0.2) is 27.8 Å². The molecule has 1 fully saturated rings. The Morgan fingerprint density at radius 2 is 2.08 bits per heavy atom. The van der Waals surface area contributed by atoms with E-state index in [-0.39, 0.29) is 6.04 Å². The number of likely N-dealkylation sites (N-methyl/N-ethyl adjacent to an activating group) is 1. The smallest absolute Gasteiger partial charge is 0.191 e. The summed E-state index contributed by atoms with van der Waals surface area (Å²) in [6, 6.07) is 5.26. The van der Waals surface area contributed by atoms with Gasteiger partial charge in [-0.25, -0.2) is 0 Å². The molecule has 1 saturated heterocycles. The van der Waals surface area contributed by atoms with E-state index in [9.17, 15) is 0 Å². The maximum Gasteiger partial charge on any atom is 0.191 e. The highest BCUT2D eigenvalue weighted by atomic mass is 16.3. The number of rotatable bonds is 6. The van der Waals surface area contributed by atoms with Crippen LogP contribution in [0.1, 0.15) is 38.5 Å². The summed E-state index contributed by atoms with van der Waals surface area (Å²) in [5, 5.41) is 7.01. The lowest BCUT2D eigenvalue weighted by Crippen LogP contribution is -2.50. The van der Waals surface area contributed by atoms with Crippen LogP contribution in [0.2, 0.25) is 0 Å². The van der Waals surface area contributed by atoms with Gasteiger partial charge in [0, 0.05) is 38.8 Å². The minimum Gasteiger partial charge on any atom is -0.468 e. The predicted octanol–water partition coefficient (Wildman–Crippen LogP) is 1.92. The van der Waals surface area contributed by atoms with E-state index in [1.54, 1.807) is 6.26 Å². The van der Waals surface area contributed by atoms with E-state index in [2.05, 4.69) is 53.4 Å². The number of piperidine rings is 1. The van der Waals surface area contributed by atoms with Gasteiger partial charge < -0.3 is 20.0 Å². The molecule has 6 heteroatoms. The molecule has 0 spiro atoms. The summed E-state index contributed by atoms with van der Waals surface area (Å²) >= 11 is 0. The minimum absolute atomic E-state index is 0.182. The molecule has 24 heavy (non-hydrogen) atoms. The predicted molar refractivity (Wildman–Crippen MR) is 99.4 cm³/mol. The molecular weight excluding hydrogens is 302 g/mol. The molecule has 2 rings (SSSR count). The van der Waals surface area contributed by atoms with E-state index in [1.165, 1.54) is 0 Å². The number of likely N-dealkylation sites (tertiary alicyclic amines) is 1. The second-order valence-electron chi connectivity index (χ2n) is 7.00. The average molecular weight is 335 g/mol. The van der Waals surface area contributed by atoms with Crippen molar-refractivity contribution in [1.29, 1.82) is 0 Å². The quantitative estimate of drug-likeness (QED) is 0.614. The van der Waals surface area contributed by atoms with Gasteiger partial charge in [0.2, 0.25) is 0 Å². The second-order valence-corrected chi connectivity index (χ2v) is 7.00. The van der Waals surface area contributed by atoms with Crippen LogP contribution in [0.3, 0.4) is 0 Å². The number of aliphatic imine (C=N–C) groups is 1. The van der Waals surface area contributed by atoms with Crippen molar-refractivity contribution in [1.82, 2.24) is 20.4 Å². The van der Waals surface area contributed by atoms with Gasteiger partial charge in [-0.3, -0.25) is 9.89 Å². The van der Waals surface area contributed by atoms with E-state index < -0.39 is 0 Å². The van der Waals surface area contributed by atoms with Gasteiger partial charge in [0.15, 0.2) is 5.96 Å². The molecule has 0 amide bonds. The first kappa shape index (κ1) is 18.8. The first-order valence-electron chi connectivity index (χ1n) is 8.92. The van der Waals surface area contributed by atoms with Gasteiger partial charge in [0.05, 0.1) is 12.3 Å². The SMILES string of the molecule is CN=C(NCC(c1ccco1)N(C)C)NC1CCN(C(C)C)CC1. The van der Waals surface area contributed by atoms with Gasteiger partial charge >= 0.3 is 0 Å². The number of nitrogens with zero attached hydrogens (tertiary/aromatic N) is 3. The average Bonchev–Trinajstić information content (AvgIpc) is 3.08. The van der Waals surface area contributed by atoms with Crippen LogP contribution in [0.25, 0.3) is 0 Å². The third kappa shape index (κ3) is 5.24. The van der Waals surface area contributed by atoms with Gasteiger partial charge in [0.25, 0.3) is 0 Å². The summed E-state index contributed by atoms with van der Waals surface area (Å²) < 4.78 is 5.56. The lowest BCUT2D eigenvalue weighted by Gasteiger charge is -2.35. The van der Waals surface area contributed by atoms with E-state index in [4.69, 9.17) is 4.42 Å². The molecule has 0 aliphatic carbocycles. The molecule has 1 aliphatic rings. The first-order valence-corrected chi connectivity index (χ1v) is 8.92. The highest BCUT2D eigenvalue weighted by Gasteiger charge is 2.22. The zero-order chi connectivity index (χ0) is 17.5. The molecule has 6 nitrogen and oxygen atoms in total. The first-order chi connectivity index (χ1) is 11.5. The molecule has 0 saturated carbocycles. The Balaban J connectivity index is 1.82. The number of hydrogen-bond acceptors (Lipinski definition) is 4. The fourth-order valence-electron chi connectivity index (χ4n) is 3.16. The Morgan fingerprint density at radius 1 is 1.38 bits per heavy atom. The van der Waals surface area contributed by atoms with Crippen molar-refractivity contribution < 1.29 is 4.42 Å². The monoisotopic (exact) mass is 335 g/mol. The van der Waals surface area contributed by atoms with Gasteiger partial charge in [-0.05, 0) is 52.9 Å². The third-order valence-electron chi connectivity index (χ3n) is 4.78. The summed E-state index contributed by atoms with van der Waals surface area (Å²) in [7, 11) is 5.95. The van der Waals surface area contributed by atoms with E-state index in [0.29, 0.717) is 12.1 Å². The zero-order valence-electron chi connectivity index (χ0n) is 15.7.